The number of rotatable bonds is 6. The molecule has 1 unspecified atom stereocenters. The molecule has 0 amide bonds. The van der Waals surface area contributed by atoms with Gasteiger partial charge in [-0.15, -0.1) is 0 Å². The average molecular weight is 480 g/mol. The number of hydrogen-bond donors (Lipinski definition) is 1. The highest BCUT2D eigenvalue weighted by molar-refractivity contribution is 6.03. The van der Waals surface area contributed by atoms with Gasteiger partial charge in [0.15, 0.2) is 23.7 Å². The molecule has 1 saturated heterocycles. The normalized spacial score (nSPS) is 17.8. The summed E-state index contributed by atoms with van der Waals surface area (Å²) in [5.41, 5.74) is 4.08. The molecule has 184 valence electrons. The molecule has 7 heteroatoms. The smallest absolute Gasteiger partial charge is 0.187 e. The lowest BCUT2D eigenvalue weighted by Crippen LogP contribution is -2.42. The molecular formula is C28H31F2N3O2. The van der Waals surface area contributed by atoms with Gasteiger partial charge < -0.3 is 14.9 Å². The average Bonchev–Trinajstić information content (AvgIpc) is 3.70. The van der Waals surface area contributed by atoms with Gasteiger partial charge >= 0.3 is 0 Å². The first-order chi connectivity index (χ1) is 16.8. The second-order valence-corrected chi connectivity index (χ2v) is 10.2. The van der Waals surface area contributed by atoms with Crippen molar-refractivity contribution in [1.82, 2.24) is 9.88 Å². The largest absolute Gasteiger partial charge is 0.503 e. The summed E-state index contributed by atoms with van der Waals surface area (Å²) in [6.07, 6.45) is 5.04. The lowest BCUT2D eigenvalue weighted by atomic mass is 9.88. The van der Waals surface area contributed by atoms with E-state index in [-0.39, 0.29) is 0 Å². The van der Waals surface area contributed by atoms with E-state index in [1.165, 1.54) is 0 Å². The van der Waals surface area contributed by atoms with Crippen LogP contribution in [0, 0.1) is 17.6 Å². The molecule has 35 heavy (non-hydrogen) atoms. The third kappa shape index (κ3) is 4.38. The van der Waals surface area contributed by atoms with Gasteiger partial charge in [-0.25, -0.2) is 8.78 Å². The molecule has 1 aliphatic heterocycles. The first-order valence-electron chi connectivity index (χ1n) is 12.3. The zero-order chi connectivity index (χ0) is 24.9. The van der Waals surface area contributed by atoms with Gasteiger partial charge in [-0.1, -0.05) is 6.07 Å². The molecule has 2 aromatic carbocycles. The summed E-state index contributed by atoms with van der Waals surface area (Å²) < 4.78 is 28.2. The minimum atomic E-state index is -1.01. The summed E-state index contributed by atoms with van der Waals surface area (Å²) >= 11 is 0. The lowest BCUT2D eigenvalue weighted by molar-refractivity contribution is 0.112. The number of anilines is 1. The van der Waals surface area contributed by atoms with Gasteiger partial charge in [0.1, 0.15) is 0 Å². The number of piperidine rings is 1. The quantitative estimate of drug-likeness (QED) is 0.457. The number of hydrogen-bond acceptors (Lipinski definition) is 5. The molecule has 1 aliphatic carbocycles. The second-order valence-electron chi connectivity index (χ2n) is 10.2. The van der Waals surface area contributed by atoms with Crippen molar-refractivity contribution in [3.8, 4) is 16.9 Å². The number of phenolic OH excluding ortho intramolecular Hbond substituents is 1. The van der Waals surface area contributed by atoms with E-state index < -0.39 is 17.4 Å². The van der Waals surface area contributed by atoms with Crippen molar-refractivity contribution in [2.45, 2.75) is 44.6 Å². The van der Waals surface area contributed by atoms with Crippen molar-refractivity contribution < 1.29 is 18.7 Å². The Kier molecular flexibility index (Phi) is 6.21. The topological polar surface area (TPSA) is 56.7 Å². The fourth-order valence-corrected chi connectivity index (χ4v) is 5.34. The van der Waals surface area contributed by atoms with E-state index in [1.54, 1.807) is 6.07 Å². The molecule has 1 aromatic heterocycles. The van der Waals surface area contributed by atoms with E-state index in [0.717, 1.165) is 79.5 Å². The summed E-state index contributed by atoms with van der Waals surface area (Å²) in [5.74, 6) is -2.11. The van der Waals surface area contributed by atoms with E-state index in [4.69, 9.17) is 4.98 Å². The number of carbonyl (C=O) groups is 1. The molecule has 5 nitrogen and oxygen atoms in total. The van der Waals surface area contributed by atoms with Gasteiger partial charge in [0.25, 0.3) is 0 Å². The van der Waals surface area contributed by atoms with Crippen LogP contribution in [0.3, 0.4) is 0 Å². The Bertz CT molecular complexity index is 1260. The maximum absolute atomic E-state index is 14.1. The molecule has 0 radical (unpaired) electrons. The number of pyridine rings is 1. The molecule has 0 spiro atoms. The van der Waals surface area contributed by atoms with Crippen molar-refractivity contribution in [2.24, 2.45) is 5.92 Å². The van der Waals surface area contributed by atoms with E-state index in [0.29, 0.717) is 34.6 Å². The third-order valence-corrected chi connectivity index (χ3v) is 7.81. The zero-order valence-corrected chi connectivity index (χ0v) is 20.4. The van der Waals surface area contributed by atoms with Crippen LogP contribution in [-0.4, -0.2) is 54.5 Å². The Balaban J connectivity index is 1.61. The number of aromatic hydroxyl groups is 1. The highest BCUT2D eigenvalue weighted by atomic mass is 19.1. The molecule has 1 N–H and O–H groups in total. The van der Waals surface area contributed by atoms with Crippen LogP contribution >= 0.6 is 0 Å². The fraction of sp³-hybridized carbons (Fsp3) is 0.429. The minimum absolute atomic E-state index is 0.310. The standard InChI is InChI=1S/C28H31F2N3O2/c1-16(32(2)3)17-8-10-33(11-9-17)27-21-12-19(20-13-23(29)28(35)24(30)14-20)6-7-25(21)31-26(18-4-5-18)22(27)15-34/h6-7,12-18,35H,4-5,8-11H2,1-3H3. The molecule has 1 saturated carbocycles. The summed E-state index contributed by atoms with van der Waals surface area (Å²) in [4.78, 5) is 21.8. The van der Waals surface area contributed by atoms with Crippen molar-refractivity contribution in [1.29, 1.82) is 0 Å². The first-order valence-corrected chi connectivity index (χ1v) is 12.3. The zero-order valence-electron chi connectivity index (χ0n) is 20.4. The maximum atomic E-state index is 14.1. The number of nitrogens with zero attached hydrogens (tertiary/aromatic N) is 3. The number of aldehydes is 1. The predicted molar refractivity (Wildman–Crippen MR) is 134 cm³/mol. The van der Waals surface area contributed by atoms with Crippen molar-refractivity contribution in [3.63, 3.8) is 0 Å². The van der Waals surface area contributed by atoms with Gasteiger partial charge in [0, 0.05) is 30.4 Å². The molecular weight excluding hydrogens is 448 g/mol. The molecule has 2 aliphatic rings. The van der Waals surface area contributed by atoms with Gasteiger partial charge in [-0.05, 0) is 88.0 Å². The number of carbonyl (C=O) groups excluding carboxylic acids is 1. The Hall–Kier alpha value is -3.06. The van der Waals surface area contributed by atoms with Crippen LogP contribution in [0.5, 0.6) is 5.75 Å². The van der Waals surface area contributed by atoms with E-state index in [2.05, 4.69) is 30.8 Å². The molecule has 5 rings (SSSR count). The Morgan fingerprint density at radius 3 is 2.29 bits per heavy atom. The summed E-state index contributed by atoms with van der Waals surface area (Å²) in [6.45, 7) is 3.92. The number of fused-ring (bicyclic) bond motifs is 1. The second kappa shape index (κ2) is 9.19. The fourth-order valence-electron chi connectivity index (χ4n) is 5.34. The first kappa shape index (κ1) is 23.7. The third-order valence-electron chi connectivity index (χ3n) is 7.81. The van der Waals surface area contributed by atoms with Gasteiger partial charge in [0.05, 0.1) is 22.5 Å². The van der Waals surface area contributed by atoms with Crippen LogP contribution in [0.1, 0.15) is 54.6 Å². The van der Waals surface area contributed by atoms with Crippen LogP contribution in [-0.2, 0) is 0 Å². The van der Waals surface area contributed by atoms with Crippen molar-refractivity contribution in [2.75, 3.05) is 32.1 Å². The van der Waals surface area contributed by atoms with Crippen LogP contribution in [0.25, 0.3) is 22.0 Å². The van der Waals surface area contributed by atoms with Crippen molar-refractivity contribution >= 4 is 22.9 Å². The summed E-state index contributed by atoms with van der Waals surface area (Å²) in [5, 5.41) is 10.3. The van der Waals surface area contributed by atoms with Crippen LogP contribution in [0.2, 0.25) is 0 Å². The van der Waals surface area contributed by atoms with E-state index in [9.17, 15) is 18.7 Å². The van der Waals surface area contributed by atoms with Gasteiger partial charge in [-0.2, -0.15) is 0 Å². The summed E-state index contributed by atoms with van der Waals surface area (Å²) in [6, 6.07) is 8.23. The van der Waals surface area contributed by atoms with Gasteiger partial charge in [0.2, 0.25) is 0 Å². The number of benzene rings is 2. The monoisotopic (exact) mass is 479 g/mol. The number of aromatic nitrogens is 1. The summed E-state index contributed by atoms with van der Waals surface area (Å²) in [7, 11) is 4.21. The van der Waals surface area contributed by atoms with Crippen LogP contribution in [0.4, 0.5) is 14.5 Å². The number of phenols is 1. The van der Waals surface area contributed by atoms with Crippen molar-refractivity contribution in [3.05, 3.63) is 53.2 Å². The molecule has 0 bridgehead atoms. The van der Waals surface area contributed by atoms with Gasteiger partial charge in [-0.3, -0.25) is 9.78 Å². The lowest BCUT2D eigenvalue weighted by Gasteiger charge is -2.39. The Morgan fingerprint density at radius 2 is 1.71 bits per heavy atom. The molecule has 1 atom stereocenters. The highest BCUT2D eigenvalue weighted by Crippen LogP contribution is 2.45. The SMILES string of the molecule is CC(C1CCN(c2c(C=O)c(C3CC3)nc3ccc(-c4cc(F)c(O)c(F)c4)cc23)CC1)N(C)C. The Morgan fingerprint density at radius 1 is 1.06 bits per heavy atom. The molecule has 2 fully saturated rings. The van der Waals surface area contributed by atoms with E-state index in [1.807, 2.05) is 12.1 Å². The number of halogens is 2. The molecule has 2 heterocycles. The highest BCUT2D eigenvalue weighted by Gasteiger charge is 2.33. The molecule has 3 aromatic rings. The predicted octanol–water partition coefficient (Wildman–Crippen LogP) is 5.74. The Labute approximate surface area is 204 Å². The van der Waals surface area contributed by atoms with Crippen LogP contribution < -0.4 is 4.90 Å². The maximum Gasteiger partial charge on any atom is 0.187 e. The van der Waals surface area contributed by atoms with Crippen LogP contribution in [0.15, 0.2) is 30.3 Å². The van der Waals surface area contributed by atoms with E-state index >= 15 is 0 Å². The minimum Gasteiger partial charge on any atom is -0.503 e.